The van der Waals surface area contributed by atoms with Crippen LogP contribution in [0.25, 0.3) is 0 Å². The zero-order chi connectivity index (χ0) is 16.9. The molecule has 2 fully saturated rings. The van der Waals surface area contributed by atoms with Crippen LogP contribution in [-0.4, -0.2) is 64.9 Å². The molecule has 6 nitrogen and oxygen atoms in total. The molecule has 2 saturated heterocycles. The quantitative estimate of drug-likeness (QED) is 0.767. The Hall–Kier alpha value is -1.22. The highest BCUT2D eigenvalue weighted by atomic mass is 32.2. The highest BCUT2D eigenvalue weighted by Crippen LogP contribution is 2.29. The molecule has 130 valence electrons. The van der Waals surface area contributed by atoms with E-state index < -0.39 is 0 Å². The summed E-state index contributed by atoms with van der Waals surface area (Å²) in [6.07, 6.45) is 0. The number of amides is 2. The highest BCUT2D eigenvalue weighted by Gasteiger charge is 2.28. The van der Waals surface area contributed by atoms with Gasteiger partial charge in [0, 0.05) is 25.3 Å². The fraction of sp³-hybridized carbons (Fsp3) is 0.500. The van der Waals surface area contributed by atoms with E-state index in [1.165, 1.54) is 11.8 Å². The summed E-state index contributed by atoms with van der Waals surface area (Å²) < 4.78 is 5.20. The van der Waals surface area contributed by atoms with Gasteiger partial charge in [-0.2, -0.15) is 0 Å². The molecule has 1 N–H and O–H groups in total. The van der Waals surface area contributed by atoms with Crippen molar-refractivity contribution in [3.63, 3.8) is 0 Å². The minimum Gasteiger partial charge on any atom is -0.379 e. The van der Waals surface area contributed by atoms with E-state index in [2.05, 4.69) is 22.8 Å². The zero-order valence-electron chi connectivity index (χ0n) is 13.3. The van der Waals surface area contributed by atoms with E-state index in [-0.39, 0.29) is 16.5 Å². The number of anilines is 1. The van der Waals surface area contributed by atoms with Gasteiger partial charge in [-0.25, -0.2) is 0 Å². The molecule has 24 heavy (non-hydrogen) atoms. The normalized spacial score (nSPS) is 22.0. The van der Waals surface area contributed by atoms with Crippen LogP contribution in [0.3, 0.4) is 0 Å². The van der Waals surface area contributed by atoms with Crippen LogP contribution in [0.4, 0.5) is 5.69 Å². The van der Waals surface area contributed by atoms with Gasteiger partial charge in [0.05, 0.1) is 25.5 Å². The molecule has 8 heteroatoms. The topological polar surface area (TPSA) is 61.9 Å². The van der Waals surface area contributed by atoms with Gasteiger partial charge in [-0.1, -0.05) is 12.1 Å². The fourth-order valence-corrected chi connectivity index (χ4v) is 3.92. The maximum absolute atomic E-state index is 12.1. The molecule has 0 spiro atoms. The van der Waals surface area contributed by atoms with E-state index in [1.54, 1.807) is 4.90 Å². The van der Waals surface area contributed by atoms with Crippen molar-refractivity contribution < 1.29 is 14.3 Å². The SMILES string of the molecule is O=C(CN1CCOCC1)Nc1ccc(CN2C(=O)CSC2S)cc1. The number of benzene rings is 1. The Labute approximate surface area is 151 Å². The van der Waals surface area contributed by atoms with Gasteiger partial charge in [0.15, 0.2) is 0 Å². The summed E-state index contributed by atoms with van der Waals surface area (Å²) in [4.78, 5) is 27.7. The molecule has 0 bridgehead atoms. The van der Waals surface area contributed by atoms with Gasteiger partial charge in [-0.3, -0.25) is 14.5 Å². The van der Waals surface area contributed by atoms with Crippen molar-refractivity contribution in [1.82, 2.24) is 9.80 Å². The molecular weight excluding hydrogens is 346 g/mol. The van der Waals surface area contributed by atoms with Crippen molar-refractivity contribution in [2.75, 3.05) is 43.9 Å². The minimum absolute atomic E-state index is 0.0220. The monoisotopic (exact) mass is 367 g/mol. The first kappa shape index (κ1) is 17.6. The zero-order valence-corrected chi connectivity index (χ0v) is 15.0. The molecule has 2 amide bonds. The number of morpholine rings is 1. The number of carbonyl (C=O) groups is 2. The number of nitrogens with zero attached hydrogens (tertiary/aromatic N) is 2. The van der Waals surface area contributed by atoms with Crippen molar-refractivity contribution in [1.29, 1.82) is 0 Å². The van der Waals surface area contributed by atoms with Crippen LogP contribution in [-0.2, 0) is 20.9 Å². The first-order valence-electron chi connectivity index (χ1n) is 7.90. The van der Waals surface area contributed by atoms with Crippen LogP contribution in [0.1, 0.15) is 5.56 Å². The predicted molar refractivity (Wildman–Crippen MR) is 98.1 cm³/mol. The van der Waals surface area contributed by atoms with E-state index >= 15 is 0 Å². The number of thiol groups is 1. The summed E-state index contributed by atoms with van der Waals surface area (Å²) in [6.45, 7) is 3.87. The fourth-order valence-electron chi connectivity index (χ4n) is 2.66. The van der Waals surface area contributed by atoms with E-state index in [0.29, 0.717) is 32.1 Å². The second-order valence-electron chi connectivity index (χ2n) is 5.79. The molecule has 2 aliphatic heterocycles. The van der Waals surface area contributed by atoms with Crippen LogP contribution < -0.4 is 5.32 Å². The van der Waals surface area contributed by atoms with E-state index in [4.69, 9.17) is 4.74 Å². The summed E-state index contributed by atoms with van der Waals surface area (Å²) in [5.41, 5.74) is 1.79. The van der Waals surface area contributed by atoms with Crippen molar-refractivity contribution in [2.24, 2.45) is 0 Å². The van der Waals surface area contributed by atoms with Crippen molar-refractivity contribution in [2.45, 2.75) is 11.3 Å². The molecule has 1 atom stereocenters. The van der Waals surface area contributed by atoms with Gasteiger partial charge < -0.3 is 15.0 Å². The van der Waals surface area contributed by atoms with Crippen molar-refractivity contribution >= 4 is 41.9 Å². The first-order valence-corrected chi connectivity index (χ1v) is 9.46. The Kier molecular flexibility index (Phi) is 6.04. The number of ether oxygens (including phenoxy) is 1. The third-order valence-electron chi connectivity index (χ3n) is 4.00. The third-order valence-corrected chi connectivity index (χ3v) is 5.70. The Morgan fingerprint density at radius 2 is 2.00 bits per heavy atom. The van der Waals surface area contributed by atoms with E-state index in [1.807, 2.05) is 24.3 Å². The van der Waals surface area contributed by atoms with Crippen LogP contribution in [0, 0.1) is 0 Å². The minimum atomic E-state index is -0.0783. The van der Waals surface area contributed by atoms with Gasteiger partial charge in [-0.05, 0) is 17.7 Å². The highest BCUT2D eigenvalue weighted by molar-refractivity contribution is 8.11. The Morgan fingerprint density at radius 1 is 1.29 bits per heavy atom. The van der Waals surface area contributed by atoms with Crippen molar-refractivity contribution in [3.05, 3.63) is 29.8 Å². The smallest absolute Gasteiger partial charge is 0.238 e. The summed E-state index contributed by atoms with van der Waals surface area (Å²) in [5.74, 6) is 0.582. The number of hydrogen-bond acceptors (Lipinski definition) is 6. The third kappa shape index (κ3) is 4.66. The lowest BCUT2D eigenvalue weighted by Crippen LogP contribution is -2.41. The van der Waals surface area contributed by atoms with Gasteiger partial charge >= 0.3 is 0 Å². The van der Waals surface area contributed by atoms with Crippen LogP contribution >= 0.6 is 24.4 Å². The maximum atomic E-state index is 12.1. The predicted octanol–water partition coefficient (Wildman–Crippen LogP) is 1.25. The molecule has 1 aromatic rings. The second-order valence-corrected chi connectivity index (χ2v) is 7.70. The van der Waals surface area contributed by atoms with Gasteiger partial charge in [0.25, 0.3) is 0 Å². The lowest BCUT2D eigenvalue weighted by molar-refractivity contribution is -0.127. The number of carbonyl (C=O) groups excluding carboxylic acids is 2. The molecule has 0 radical (unpaired) electrons. The number of nitrogens with one attached hydrogen (secondary N) is 1. The van der Waals surface area contributed by atoms with Crippen molar-refractivity contribution in [3.8, 4) is 0 Å². The Balaban J connectivity index is 1.50. The number of thioether (sulfide) groups is 1. The van der Waals surface area contributed by atoms with E-state index in [0.717, 1.165) is 24.3 Å². The molecule has 3 rings (SSSR count). The maximum Gasteiger partial charge on any atom is 0.238 e. The van der Waals surface area contributed by atoms with Gasteiger partial charge in [0.1, 0.15) is 4.71 Å². The molecule has 2 aliphatic rings. The van der Waals surface area contributed by atoms with Crippen LogP contribution in [0.5, 0.6) is 0 Å². The summed E-state index contributed by atoms with van der Waals surface area (Å²) in [7, 11) is 0. The average Bonchev–Trinajstić information content (AvgIpc) is 2.89. The standard InChI is InChI=1S/C16H21N3O3S2/c20-14(10-18-5-7-22-8-6-18)17-13-3-1-12(2-4-13)9-19-15(21)11-24-16(19)23/h1-4,16,23H,5-11H2,(H,17,20). The van der Waals surface area contributed by atoms with Gasteiger partial charge in [0.2, 0.25) is 11.8 Å². The second kappa shape index (κ2) is 8.24. The van der Waals surface area contributed by atoms with Crippen LogP contribution in [0.15, 0.2) is 24.3 Å². The summed E-state index contributed by atoms with van der Waals surface area (Å²) >= 11 is 5.93. The molecule has 1 unspecified atom stereocenters. The molecular formula is C16H21N3O3S2. The Morgan fingerprint density at radius 3 is 2.62 bits per heavy atom. The molecule has 0 saturated carbocycles. The average molecular weight is 367 g/mol. The number of hydrogen-bond donors (Lipinski definition) is 2. The Bertz CT molecular complexity index is 591. The van der Waals surface area contributed by atoms with Gasteiger partial charge in [-0.15, -0.1) is 24.4 Å². The first-order chi connectivity index (χ1) is 11.6. The molecule has 0 aromatic heterocycles. The lowest BCUT2D eigenvalue weighted by Gasteiger charge is -2.25. The molecule has 0 aliphatic carbocycles. The number of rotatable bonds is 5. The molecule has 2 heterocycles. The summed E-state index contributed by atoms with van der Waals surface area (Å²) in [5, 5.41) is 2.91. The van der Waals surface area contributed by atoms with Crippen LogP contribution in [0.2, 0.25) is 0 Å². The largest absolute Gasteiger partial charge is 0.379 e. The summed E-state index contributed by atoms with van der Waals surface area (Å²) in [6, 6.07) is 7.60. The van der Waals surface area contributed by atoms with E-state index in [9.17, 15) is 9.59 Å². The lowest BCUT2D eigenvalue weighted by atomic mass is 10.2. The molecule has 1 aromatic carbocycles.